The Hall–Kier alpha value is -2.82. The number of ketones is 1. The van der Waals surface area contributed by atoms with E-state index in [9.17, 15) is 9.59 Å². The van der Waals surface area contributed by atoms with Crippen LogP contribution in [-0.2, 0) is 11.2 Å². The van der Waals surface area contributed by atoms with Gasteiger partial charge in [0.1, 0.15) is 17.6 Å². The van der Waals surface area contributed by atoms with Gasteiger partial charge < -0.3 is 14.8 Å². The zero-order valence-corrected chi connectivity index (χ0v) is 15.1. The van der Waals surface area contributed by atoms with Crippen molar-refractivity contribution >= 4 is 17.4 Å². The normalized spacial score (nSPS) is 15.1. The van der Waals surface area contributed by atoms with Gasteiger partial charge in [0.05, 0.1) is 12.3 Å². The first-order valence-corrected chi connectivity index (χ1v) is 8.91. The number of nitrogens with one attached hydrogen (secondary N) is 1. The molecule has 0 unspecified atom stereocenters. The first kappa shape index (κ1) is 18.0. The lowest BCUT2D eigenvalue weighted by molar-refractivity contribution is -0.116. The molecule has 1 aliphatic rings. The van der Waals surface area contributed by atoms with Crippen LogP contribution < -0.4 is 14.8 Å². The Morgan fingerprint density at radius 3 is 2.69 bits per heavy atom. The third kappa shape index (κ3) is 4.23. The number of carbonyl (C=O) groups excluding carboxylic acids is 2. The third-order valence-corrected chi connectivity index (χ3v) is 4.25. The molecule has 26 heavy (non-hydrogen) atoms. The molecule has 5 nitrogen and oxygen atoms in total. The van der Waals surface area contributed by atoms with Crippen LogP contribution in [0, 0.1) is 0 Å². The summed E-state index contributed by atoms with van der Waals surface area (Å²) in [6, 6.07) is 12.7. The number of benzene rings is 2. The van der Waals surface area contributed by atoms with E-state index in [1.54, 1.807) is 18.2 Å². The van der Waals surface area contributed by atoms with Crippen molar-refractivity contribution in [3.8, 4) is 11.5 Å². The number of hydrogen-bond acceptors (Lipinski definition) is 4. The van der Waals surface area contributed by atoms with Crippen LogP contribution in [-0.4, -0.2) is 24.4 Å². The molecule has 0 bridgehead atoms. The number of amides is 1. The molecule has 136 valence electrons. The van der Waals surface area contributed by atoms with E-state index in [2.05, 4.69) is 5.32 Å². The molecule has 1 heterocycles. The fourth-order valence-corrected chi connectivity index (χ4v) is 3.02. The van der Waals surface area contributed by atoms with Gasteiger partial charge in [0.25, 0.3) is 0 Å². The van der Waals surface area contributed by atoms with E-state index in [-0.39, 0.29) is 30.6 Å². The zero-order chi connectivity index (χ0) is 18.5. The van der Waals surface area contributed by atoms with Gasteiger partial charge in [-0.2, -0.15) is 0 Å². The fourth-order valence-electron chi connectivity index (χ4n) is 3.02. The van der Waals surface area contributed by atoms with Crippen LogP contribution in [0.15, 0.2) is 42.5 Å². The molecule has 2 aromatic rings. The van der Waals surface area contributed by atoms with Crippen LogP contribution in [0.1, 0.15) is 42.6 Å². The van der Waals surface area contributed by atoms with E-state index < -0.39 is 0 Å². The highest BCUT2D eigenvalue weighted by molar-refractivity contribution is 6.00. The maximum Gasteiger partial charge on any atom is 0.224 e. The van der Waals surface area contributed by atoms with Crippen LogP contribution in [0.5, 0.6) is 11.5 Å². The van der Waals surface area contributed by atoms with Gasteiger partial charge in [0.2, 0.25) is 5.91 Å². The second-order valence-electron chi connectivity index (χ2n) is 6.36. The van der Waals surface area contributed by atoms with Gasteiger partial charge in [0.15, 0.2) is 5.78 Å². The standard InChI is InChI=1S/C21H23NO4/c1-3-25-20-12-16-11-14(2)26-19(16)13-17(20)22-21(24)10-9-18(23)15-7-5-4-6-8-15/h4-8,12-14H,3,9-11H2,1-2H3,(H,22,24)/t14-/m0/s1. The zero-order valence-electron chi connectivity index (χ0n) is 15.1. The molecule has 0 fully saturated rings. The summed E-state index contributed by atoms with van der Waals surface area (Å²) in [7, 11) is 0. The fraction of sp³-hybridized carbons (Fsp3) is 0.333. The smallest absolute Gasteiger partial charge is 0.224 e. The molecule has 2 aromatic carbocycles. The molecule has 0 radical (unpaired) electrons. The Bertz CT molecular complexity index is 801. The van der Waals surface area contributed by atoms with Crippen molar-refractivity contribution < 1.29 is 19.1 Å². The molecular weight excluding hydrogens is 330 g/mol. The monoisotopic (exact) mass is 353 g/mol. The van der Waals surface area contributed by atoms with Crippen molar-refractivity contribution in [2.75, 3.05) is 11.9 Å². The number of anilines is 1. The maximum absolute atomic E-state index is 12.3. The Balaban J connectivity index is 1.65. The molecule has 1 N–H and O–H groups in total. The topological polar surface area (TPSA) is 64.6 Å². The van der Waals surface area contributed by atoms with E-state index in [0.29, 0.717) is 23.6 Å². The summed E-state index contributed by atoms with van der Waals surface area (Å²) < 4.78 is 11.4. The molecule has 5 heteroatoms. The lowest BCUT2D eigenvalue weighted by atomic mass is 10.1. The summed E-state index contributed by atoms with van der Waals surface area (Å²) in [5.41, 5.74) is 2.28. The van der Waals surface area contributed by atoms with Crippen molar-refractivity contribution in [2.45, 2.75) is 39.2 Å². The van der Waals surface area contributed by atoms with Crippen molar-refractivity contribution in [3.63, 3.8) is 0 Å². The van der Waals surface area contributed by atoms with Gasteiger partial charge in [0, 0.05) is 36.5 Å². The van der Waals surface area contributed by atoms with E-state index in [0.717, 1.165) is 17.7 Å². The second-order valence-corrected chi connectivity index (χ2v) is 6.36. The molecule has 1 amide bonds. The van der Waals surface area contributed by atoms with E-state index in [1.807, 2.05) is 38.1 Å². The molecule has 0 aliphatic carbocycles. The minimum atomic E-state index is -0.221. The second kappa shape index (κ2) is 8.04. The summed E-state index contributed by atoms with van der Waals surface area (Å²) in [4.78, 5) is 24.4. The quantitative estimate of drug-likeness (QED) is 0.764. The number of fused-ring (bicyclic) bond motifs is 1. The molecule has 0 saturated carbocycles. The molecule has 0 saturated heterocycles. The molecule has 0 aromatic heterocycles. The highest BCUT2D eigenvalue weighted by Gasteiger charge is 2.22. The number of hydrogen-bond donors (Lipinski definition) is 1. The average molecular weight is 353 g/mol. The molecule has 1 atom stereocenters. The van der Waals surface area contributed by atoms with Crippen LogP contribution in [0.25, 0.3) is 0 Å². The van der Waals surface area contributed by atoms with Crippen LogP contribution in [0.2, 0.25) is 0 Å². The van der Waals surface area contributed by atoms with Crippen LogP contribution in [0.4, 0.5) is 5.69 Å². The lowest BCUT2D eigenvalue weighted by Crippen LogP contribution is -2.14. The number of carbonyl (C=O) groups is 2. The van der Waals surface area contributed by atoms with Gasteiger partial charge in [-0.1, -0.05) is 30.3 Å². The van der Waals surface area contributed by atoms with Gasteiger partial charge in [-0.05, 0) is 19.9 Å². The van der Waals surface area contributed by atoms with Gasteiger partial charge in [-0.25, -0.2) is 0 Å². The number of ether oxygens (including phenoxy) is 2. The predicted octanol–water partition coefficient (Wildman–Crippen LogP) is 4.01. The summed E-state index contributed by atoms with van der Waals surface area (Å²) in [5, 5.41) is 2.85. The van der Waals surface area contributed by atoms with Gasteiger partial charge >= 0.3 is 0 Å². The average Bonchev–Trinajstić information content (AvgIpc) is 2.99. The first-order chi connectivity index (χ1) is 12.6. The number of rotatable bonds is 7. The van der Waals surface area contributed by atoms with Crippen molar-refractivity contribution in [3.05, 3.63) is 53.6 Å². The Morgan fingerprint density at radius 1 is 1.19 bits per heavy atom. The summed E-state index contributed by atoms with van der Waals surface area (Å²) in [6.07, 6.45) is 1.23. The highest BCUT2D eigenvalue weighted by Crippen LogP contribution is 2.38. The summed E-state index contributed by atoms with van der Waals surface area (Å²) in [6.45, 7) is 4.41. The molecular formula is C21H23NO4. The Labute approximate surface area is 153 Å². The van der Waals surface area contributed by atoms with E-state index in [1.165, 1.54) is 0 Å². The highest BCUT2D eigenvalue weighted by atomic mass is 16.5. The molecule has 0 spiro atoms. The summed E-state index contributed by atoms with van der Waals surface area (Å²) >= 11 is 0. The predicted molar refractivity (Wildman–Crippen MR) is 100 cm³/mol. The first-order valence-electron chi connectivity index (χ1n) is 8.91. The maximum atomic E-state index is 12.3. The minimum absolute atomic E-state index is 0.0445. The van der Waals surface area contributed by atoms with Crippen LogP contribution in [0.3, 0.4) is 0 Å². The molecule has 3 rings (SSSR count). The van der Waals surface area contributed by atoms with E-state index >= 15 is 0 Å². The van der Waals surface area contributed by atoms with Crippen molar-refractivity contribution in [1.82, 2.24) is 0 Å². The molecule has 1 aliphatic heterocycles. The minimum Gasteiger partial charge on any atom is -0.492 e. The van der Waals surface area contributed by atoms with Gasteiger partial charge in [-0.15, -0.1) is 0 Å². The third-order valence-electron chi connectivity index (χ3n) is 4.25. The number of Topliss-reactive ketones (excluding diaryl/α,β-unsaturated/α-hetero) is 1. The van der Waals surface area contributed by atoms with Crippen molar-refractivity contribution in [1.29, 1.82) is 0 Å². The van der Waals surface area contributed by atoms with Crippen LogP contribution >= 0.6 is 0 Å². The van der Waals surface area contributed by atoms with E-state index in [4.69, 9.17) is 9.47 Å². The van der Waals surface area contributed by atoms with Crippen molar-refractivity contribution in [2.24, 2.45) is 0 Å². The lowest BCUT2D eigenvalue weighted by Gasteiger charge is -2.13. The Morgan fingerprint density at radius 2 is 1.96 bits per heavy atom. The summed E-state index contributed by atoms with van der Waals surface area (Å²) in [5.74, 6) is 1.14. The SMILES string of the molecule is CCOc1cc2c(cc1NC(=O)CCC(=O)c1ccccc1)O[C@@H](C)C2. The van der Waals surface area contributed by atoms with Gasteiger partial charge in [-0.3, -0.25) is 9.59 Å². The Kier molecular flexibility index (Phi) is 5.56. The largest absolute Gasteiger partial charge is 0.492 e.